The lowest BCUT2D eigenvalue weighted by molar-refractivity contribution is -0.147. The van der Waals surface area contributed by atoms with E-state index < -0.39 is 11.5 Å². The fraction of sp³-hybridized carbons (Fsp3) is 0.467. The van der Waals surface area contributed by atoms with Crippen molar-refractivity contribution in [2.45, 2.75) is 23.9 Å². The van der Waals surface area contributed by atoms with Gasteiger partial charge in [0.2, 0.25) is 0 Å². The molecule has 0 bridgehead atoms. The van der Waals surface area contributed by atoms with Crippen LogP contribution < -0.4 is 0 Å². The number of thioether (sulfide) groups is 2. The molecule has 3 rings (SSSR count). The maximum atomic E-state index is 11.5. The highest BCUT2D eigenvalue weighted by molar-refractivity contribution is 8.14. The van der Waals surface area contributed by atoms with E-state index in [1.165, 1.54) is 0 Å². The van der Waals surface area contributed by atoms with E-state index in [4.69, 9.17) is 4.99 Å². The first-order valence-corrected chi connectivity index (χ1v) is 9.04. The predicted molar refractivity (Wildman–Crippen MR) is 90.9 cm³/mol. The van der Waals surface area contributed by atoms with E-state index in [1.807, 2.05) is 24.1 Å². The van der Waals surface area contributed by atoms with Gasteiger partial charge in [-0.25, -0.2) is 0 Å². The first-order valence-electron chi connectivity index (χ1n) is 7.00. The van der Waals surface area contributed by atoms with Gasteiger partial charge in [0.1, 0.15) is 16.3 Å². The minimum absolute atomic E-state index is 0.0378. The lowest BCUT2D eigenvalue weighted by Crippen LogP contribution is -2.52. The lowest BCUT2D eigenvalue weighted by atomic mass is 10.0. The number of aliphatic imine (C=N–C) groups is 1. The summed E-state index contributed by atoms with van der Waals surface area (Å²) in [6, 6.07) is 7.22. The van der Waals surface area contributed by atoms with E-state index in [0.717, 1.165) is 16.4 Å². The summed E-state index contributed by atoms with van der Waals surface area (Å²) in [6.45, 7) is 1.76. The zero-order chi connectivity index (χ0) is 15.9. The van der Waals surface area contributed by atoms with E-state index in [9.17, 15) is 15.0 Å². The second-order valence-corrected chi connectivity index (χ2v) is 7.83. The molecule has 0 saturated carbocycles. The molecule has 2 heterocycles. The number of phenols is 1. The highest BCUT2D eigenvalue weighted by atomic mass is 32.2. The van der Waals surface area contributed by atoms with Crippen LogP contribution in [-0.4, -0.2) is 61.6 Å². The summed E-state index contributed by atoms with van der Waals surface area (Å²) in [5, 5.41) is 20.3. The largest absolute Gasteiger partial charge is 0.507 e. The van der Waals surface area contributed by atoms with Gasteiger partial charge in [0.05, 0.1) is 11.4 Å². The van der Waals surface area contributed by atoms with Crippen LogP contribution in [-0.2, 0) is 4.79 Å². The van der Waals surface area contributed by atoms with Gasteiger partial charge in [0.25, 0.3) is 0 Å². The van der Waals surface area contributed by atoms with Crippen LogP contribution in [0.15, 0.2) is 29.3 Å². The van der Waals surface area contributed by atoms with Crippen molar-refractivity contribution in [1.29, 1.82) is 0 Å². The summed E-state index contributed by atoms with van der Waals surface area (Å²) in [5.74, 6) is 0.811. The third kappa shape index (κ3) is 2.51. The van der Waals surface area contributed by atoms with Gasteiger partial charge in [0.15, 0.2) is 0 Å². The number of aliphatic carboxylic acids is 1. The molecule has 2 aliphatic rings. The topological polar surface area (TPSA) is 73.1 Å². The van der Waals surface area contributed by atoms with Crippen LogP contribution in [0.4, 0.5) is 0 Å². The first kappa shape index (κ1) is 15.7. The number of para-hydroxylation sites is 1. The van der Waals surface area contributed by atoms with Crippen LogP contribution in [0, 0.1) is 0 Å². The average Bonchev–Trinajstić information content (AvgIpc) is 3.07. The van der Waals surface area contributed by atoms with Gasteiger partial charge < -0.3 is 10.2 Å². The third-order valence-corrected chi connectivity index (χ3v) is 7.10. The zero-order valence-electron chi connectivity index (χ0n) is 12.4. The molecule has 0 amide bonds. The minimum Gasteiger partial charge on any atom is -0.507 e. The Balaban J connectivity index is 1.81. The van der Waals surface area contributed by atoms with Crippen molar-refractivity contribution >= 4 is 34.5 Å². The SMILES string of the molecule is CN1C(C2CSC(c3ccccc3O)=N2)SC[C@@]1(C)C(=O)O. The highest BCUT2D eigenvalue weighted by Crippen LogP contribution is 2.41. The highest BCUT2D eigenvalue weighted by Gasteiger charge is 2.50. The van der Waals surface area contributed by atoms with Crippen LogP contribution in [0.2, 0.25) is 0 Å². The van der Waals surface area contributed by atoms with Gasteiger partial charge in [-0.05, 0) is 26.1 Å². The molecule has 118 valence electrons. The molecule has 1 aromatic rings. The Morgan fingerprint density at radius 2 is 2.18 bits per heavy atom. The molecule has 0 radical (unpaired) electrons. The Bertz CT molecular complexity index is 637. The molecule has 2 N–H and O–H groups in total. The first-order chi connectivity index (χ1) is 10.4. The van der Waals surface area contributed by atoms with Crippen molar-refractivity contribution in [2.24, 2.45) is 4.99 Å². The van der Waals surface area contributed by atoms with Crippen molar-refractivity contribution in [3.8, 4) is 5.75 Å². The van der Waals surface area contributed by atoms with Crippen molar-refractivity contribution in [3.63, 3.8) is 0 Å². The molecule has 0 aliphatic carbocycles. The second kappa shape index (κ2) is 5.79. The monoisotopic (exact) mass is 338 g/mol. The Morgan fingerprint density at radius 1 is 1.45 bits per heavy atom. The van der Waals surface area contributed by atoms with E-state index in [0.29, 0.717) is 5.75 Å². The molecule has 2 unspecified atom stereocenters. The van der Waals surface area contributed by atoms with Crippen molar-refractivity contribution < 1.29 is 15.0 Å². The van der Waals surface area contributed by atoms with Crippen LogP contribution in [0.5, 0.6) is 5.75 Å². The molecular weight excluding hydrogens is 320 g/mol. The normalized spacial score (nSPS) is 32.2. The van der Waals surface area contributed by atoms with Crippen LogP contribution in [0.1, 0.15) is 12.5 Å². The molecule has 3 atom stereocenters. The Morgan fingerprint density at radius 3 is 2.82 bits per heavy atom. The van der Waals surface area contributed by atoms with Crippen molar-refractivity contribution in [2.75, 3.05) is 18.6 Å². The summed E-state index contributed by atoms with van der Waals surface area (Å²) in [5.41, 5.74) is -0.0886. The number of carbonyl (C=O) groups is 1. The minimum atomic E-state index is -0.840. The Labute approximate surface area is 137 Å². The molecule has 0 spiro atoms. The van der Waals surface area contributed by atoms with Gasteiger partial charge in [-0.1, -0.05) is 12.1 Å². The zero-order valence-corrected chi connectivity index (χ0v) is 14.0. The summed E-state index contributed by atoms with van der Waals surface area (Å²) in [4.78, 5) is 18.2. The number of carboxylic acids is 1. The van der Waals surface area contributed by atoms with Gasteiger partial charge in [0, 0.05) is 17.1 Å². The van der Waals surface area contributed by atoms with Crippen LogP contribution in [0.3, 0.4) is 0 Å². The Kier molecular flexibility index (Phi) is 4.13. The fourth-order valence-electron chi connectivity index (χ4n) is 2.66. The summed E-state index contributed by atoms with van der Waals surface area (Å²) >= 11 is 3.26. The number of hydrogen-bond donors (Lipinski definition) is 2. The van der Waals surface area contributed by atoms with Gasteiger partial charge in [-0.15, -0.1) is 23.5 Å². The number of benzene rings is 1. The van der Waals surface area contributed by atoms with E-state index in [1.54, 1.807) is 42.6 Å². The van der Waals surface area contributed by atoms with Crippen LogP contribution in [0.25, 0.3) is 0 Å². The number of phenolic OH excluding ortho intramolecular Hbond substituents is 1. The quantitative estimate of drug-likeness (QED) is 0.879. The summed E-state index contributed by atoms with van der Waals surface area (Å²) in [6.07, 6.45) is 0. The molecule has 7 heteroatoms. The van der Waals surface area contributed by atoms with Gasteiger partial charge in [-0.3, -0.25) is 14.7 Å². The number of aromatic hydroxyl groups is 1. The number of rotatable bonds is 3. The summed E-state index contributed by atoms with van der Waals surface area (Å²) in [7, 11) is 1.86. The van der Waals surface area contributed by atoms with Crippen LogP contribution >= 0.6 is 23.5 Å². The fourth-order valence-corrected chi connectivity index (χ4v) is 5.56. The summed E-state index contributed by atoms with van der Waals surface area (Å²) < 4.78 is 0. The smallest absolute Gasteiger partial charge is 0.324 e. The van der Waals surface area contributed by atoms with E-state index in [2.05, 4.69) is 0 Å². The molecule has 5 nitrogen and oxygen atoms in total. The Hall–Kier alpha value is -1.18. The molecule has 22 heavy (non-hydrogen) atoms. The molecule has 2 aliphatic heterocycles. The average molecular weight is 338 g/mol. The maximum Gasteiger partial charge on any atom is 0.324 e. The van der Waals surface area contributed by atoms with Crippen molar-refractivity contribution in [1.82, 2.24) is 4.90 Å². The predicted octanol–water partition coefficient (Wildman–Crippen LogP) is 2.10. The molecule has 1 aromatic carbocycles. The molecular formula is C15H18N2O3S2. The molecule has 1 saturated heterocycles. The number of nitrogens with zero attached hydrogens (tertiary/aromatic N) is 2. The van der Waals surface area contributed by atoms with Gasteiger partial charge in [-0.2, -0.15) is 0 Å². The van der Waals surface area contributed by atoms with Crippen molar-refractivity contribution in [3.05, 3.63) is 29.8 Å². The maximum absolute atomic E-state index is 11.5. The number of hydrogen-bond acceptors (Lipinski definition) is 6. The van der Waals surface area contributed by atoms with Gasteiger partial charge >= 0.3 is 5.97 Å². The molecule has 1 fully saturated rings. The number of carboxylic acid groups (broad SMARTS) is 1. The number of likely N-dealkylation sites (N-methyl/N-ethyl adjacent to an activating group) is 1. The standard InChI is InChI=1S/C15H18N2O3S2/c1-15(14(19)20)8-22-13(17(15)2)10-7-21-12(16-10)9-5-3-4-6-11(9)18/h3-6,10,13,18H,7-8H2,1-2H3,(H,19,20)/t10?,13?,15-/m0/s1. The van der Waals surface area contributed by atoms with E-state index >= 15 is 0 Å². The third-order valence-electron chi connectivity index (χ3n) is 4.29. The molecule has 0 aromatic heterocycles. The second-order valence-electron chi connectivity index (χ2n) is 5.72. The van der Waals surface area contributed by atoms with E-state index in [-0.39, 0.29) is 17.2 Å². The lowest BCUT2D eigenvalue weighted by Gasteiger charge is -2.31.